The normalized spacial score (nSPS) is 18.0. The molecular formula is C15H19N. The van der Waals surface area contributed by atoms with E-state index in [1.165, 1.54) is 40.6 Å². The maximum absolute atomic E-state index is 3.68. The van der Waals surface area contributed by atoms with E-state index in [9.17, 15) is 0 Å². The molecule has 84 valence electrons. The predicted molar refractivity (Wildman–Crippen MR) is 69.1 cm³/mol. The van der Waals surface area contributed by atoms with Crippen LogP contribution in [0.15, 0.2) is 12.1 Å². The number of H-pyrrole nitrogens is 1. The van der Waals surface area contributed by atoms with Gasteiger partial charge in [0.1, 0.15) is 0 Å². The van der Waals surface area contributed by atoms with Gasteiger partial charge < -0.3 is 4.98 Å². The van der Waals surface area contributed by atoms with E-state index < -0.39 is 0 Å². The first kappa shape index (κ1) is 9.95. The molecule has 0 aliphatic heterocycles. The first-order valence-electron chi connectivity index (χ1n) is 6.12. The lowest BCUT2D eigenvalue weighted by atomic mass is 9.91. The van der Waals surface area contributed by atoms with Crippen LogP contribution in [-0.2, 0) is 11.8 Å². The Labute approximate surface area is 96.9 Å². The number of aryl methyl sites for hydroxylation is 3. The maximum Gasteiger partial charge on any atom is 0.0491 e. The van der Waals surface area contributed by atoms with Crippen molar-refractivity contribution in [1.82, 2.24) is 4.98 Å². The number of benzene rings is 1. The molecule has 0 atom stereocenters. The molecular weight excluding hydrogens is 194 g/mol. The number of hydrogen-bond acceptors (Lipinski definition) is 0. The van der Waals surface area contributed by atoms with Gasteiger partial charge in [-0.25, -0.2) is 0 Å². The fourth-order valence-corrected chi connectivity index (χ4v) is 3.08. The summed E-state index contributed by atoms with van der Waals surface area (Å²) in [5.41, 5.74) is 7.51. The van der Waals surface area contributed by atoms with E-state index in [1.807, 2.05) is 0 Å². The van der Waals surface area contributed by atoms with Crippen molar-refractivity contribution < 1.29 is 0 Å². The number of hydrogen-bond donors (Lipinski definition) is 1. The summed E-state index contributed by atoms with van der Waals surface area (Å²) in [5, 5.41) is 1.49. The predicted octanol–water partition coefficient (Wildman–Crippen LogP) is 4.01. The first-order valence-corrected chi connectivity index (χ1v) is 6.12. The van der Waals surface area contributed by atoms with Crippen molar-refractivity contribution in [2.45, 2.75) is 46.0 Å². The summed E-state index contributed by atoms with van der Waals surface area (Å²) in [6.45, 7) is 9.11. The maximum atomic E-state index is 3.68. The second-order valence-electron chi connectivity index (χ2n) is 5.81. The van der Waals surface area contributed by atoms with Crippen molar-refractivity contribution >= 4 is 10.9 Å². The van der Waals surface area contributed by atoms with E-state index in [2.05, 4.69) is 44.8 Å². The van der Waals surface area contributed by atoms with Crippen LogP contribution in [0, 0.1) is 13.8 Å². The largest absolute Gasteiger partial charge is 0.357 e. The summed E-state index contributed by atoms with van der Waals surface area (Å²) >= 11 is 0. The minimum atomic E-state index is 0.327. The van der Waals surface area contributed by atoms with Crippen molar-refractivity contribution in [2.75, 3.05) is 0 Å². The third-order valence-electron chi connectivity index (χ3n) is 4.15. The van der Waals surface area contributed by atoms with Gasteiger partial charge in [0.25, 0.3) is 0 Å². The number of aromatic amines is 1. The molecule has 3 rings (SSSR count). The van der Waals surface area contributed by atoms with Crippen molar-refractivity contribution in [1.29, 1.82) is 0 Å². The Bertz CT molecular complexity index is 573. The van der Waals surface area contributed by atoms with Crippen LogP contribution in [0.3, 0.4) is 0 Å². The summed E-state index contributed by atoms with van der Waals surface area (Å²) in [6.07, 6.45) is 2.50. The third kappa shape index (κ3) is 1.12. The average Bonchev–Trinajstić information content (AvgIpc) is 2.73. The Hall–Kier alpha value is -1.24. The molecule has 0 spiro atoms. The van der Waals surface area contributed by atoms with Crippen LogP contribution in [0.25, 0.3) is 10.9 Å². The summed E-state index contributed by atoms with van der Waals surface area (Å²) in [6, 6.07) is 4.47. The van der Waals surface area contributed by atoms with Gasteiger partial charge in [-0.05, 0) is 43.4 Å². The minimum absolute atomic E-state index is 0.327. The Morgan fingerprint density at radius 3 is 2.56 bits per heavy atom. The van der Waals surface area contributed by atoms with Crippen LogP contribution >= 0.6 is 0 Å². The van der Waals surface area contributed by atoms with Crippen molar-refractivity contribution in [3.8, 4) is 0 Å². The highest BCUT2D eigenvalue weighted by atomic mass is 14.8. The standard InChI is InChI=1S/C15H19N/c1-9-5-6-10(2)13-12(9)11-7-8-15(3,4)14(11)16-13/h5-6,16H,7-8H2,1-4H3. The fourth-order valence-electron chi connectivity index (χ4n) is 3.08. The second-order valence-corrected chi connectivity index (χ2v) is 5.81. The van der Waals surface area contributed by atoms with Gasteiger partial charge in [0.15, 0.2) is 0 Å². The zero-order valence-electron chi connectivity index (χ0n) is 10.6. The molecule has 0 bridgehead atoms. The SMILES string of the molecule is Cc1ccc(C)c2c3c([nH]c12)C(C)(C)CC3. The molecule has 1 heteroatoms. The van der Waals surface area contributed by atoms with E-state index >= 15 is 0 Å². The Balaban J connectivity index is 2.44. The molecule has 0 saturated heterocycles. The van der Waals surface area contributed by atoms with Gasteiger partial charge in [0, 0.05) is 22.0 Å². The van der Waals surface area contributed by atoms with Gasteiger partial charge in [0.05, 0.1) is 0 Å². The Morgan fingerprint density at radius 2 is 1.81 bits per heavy atom. The van der Waals surface area contributed by atoms with Gasteiger partial charge >= 0.3 is 0 Å². The number of aromatic nitrogens is 1. The smallest absolute Gasteiger partial charge is 0.0491 e. The highest BCUT2D eigenvalue weighted by Crippen LogP contribution is 2.42. The zero-order valence-corrected chi connectivity index (χ0v) is 10.6. The quantitative estimate of drug-likeness (QED) is 0.680. The summed E-state index contributed by atoms with van der Waals surface area (Å²) in [4.78, 5) is 3.68. The van der Waals surface area contributed by atoms with Crippen LogP contribution in [0.1, 0.15) is 42.7 Å². The van der Waals surface area contributed by atoms with Crippen LogP contribution in [0.4, 0.5) is 0 Å². The molecule has 1 aliphatic rings. The molecule has 16 heavy (non-hydrogen) atoms. The second kappa shape index (κ2) is 2.91. The fraction of sp³-hybridized carbons (Fsp3) is 0.467. The van der Waals surface area contributed by atoms with Crippen LogP contribution in [0.5, 0.6) is 0 Å². The monoisotopic (exact) mass is 213 g/mol. The van der Waals surface area contributed by atoms with Crippen molar-refractivity contribution in [3.05, 3.63) is 34.5 Å². The minimum Gasteiger partial charge on any atom is -0.357 e. The van der Waals surface area contributed by atoms with Gasteiger partial charge in [-0.2, -0.15) is 0 Å². The van der Waals surface area contributed by atoms with Crippen LogP contribution < -0.4 is 0 Å². The lowest BCUT2D eigenvalue weighted by Crippen LogP contribution is -2.12. The van der Waals surface area contributed by atoms with Gasteiger partial charge in [0.2, 0.25) is 0 Å². The molecule has 0 saturated carbocycles. The molecule has 1 aromatic heterocycles. The molecule has 1 aromatic carbocycles. The van der Waals surface area contributed by atoms with Crippen LogP contribution in [0.2, 0.25) is 0 Å². The summed E-state index contributed by atoms with van der Waals surface area (Å²) in [5.74, 6) is 0. The molecule has 1 nitrogen and oxygen atoms in total. The molecule has 1 N–H and O–H groups in total. The van der Waals surface area contributed by atoms with Gasteiger partial charge in [-0.3, -0.25) is 0 Å². The highest BCUT2D eigenvalue weighted by Gasteiger charge is 2.33. The Morgan fingerprint density at radius 1 is 1.12 bits per heavy atom. The number of rotatable bonds is 0. The van der Waals surface area contributed by atoms with Gasteiger partial charge in [-0.15, -0.1) is 0 Å². The summed E-state index contributed by atoms with van der Waals surface area (Å²) in [7, 11) is 0. The topological polar surface area (TPSA) is 15.8 Å². The third-order valence-corrected chi connectivity index (χ3v) is 4.15. The molecule has 1 heterocycles. The van der Waals surface area contributed by atoms with Crippen LogP contribution in [-0.4, -0.2) is 4.98 Å². The van der Waals surface area contributed by atoms with Crippen molar-refractivity contribution in [3.63, 3.8) is 0 Å². The van der Waals surface area contributed by atoms with Gasteiger partial charge in [-0.1, -0.05) is 26.0 Å². The number of nitrogens with one attached hydrogen (secondary N) is 1. The summed E-state index contributed by atoms with van der Waals surface area (Å²) < 4.78 is 0. The number of fused-ring (bicyclic) bond motifs is 3. The van der Waals surface area contributed by atoms with E-state index in [-0.39, 0.29) is 0 Å². The van der Waals surface area contributed by atoms with E-state index in [0.29, 0.717) is 5.41 Å². The van der Waals surface area contributed by atoms with E-state index in [0.717, 1.165) is 0 Å². The molecule has 0 radical (unpaired) electrons. The first-order chi connectivity index (χ1) is 7.50. The molecule has 2 aromatic rings. The zero-order chi connectivity index (χ0) is 11.5. The molecule has 0 unspecified atom stereocenters. The molecule has 0 fully saturated rings. The molecule has 0 amide bonds. The van der Waals surface area contributed by atoms with E-state index in [1.54, 1.807) is 5.56 Å². The highest BCUT2D eigenvalue weighted by molar-refractivity contribution is 5.91. The van der Waals surface area contributed by atoms with Crippen molar-refractivity contribution in [2.24, 2.45) is 0 Å². The van der Waals surface area contributed by atoms with E-state index in [4.69, 9.17) is 0 Å². The Kier molecular flexibility index (Phi) is 1.81. The average molecular weight is 213 g/mol. The lowest BCUT2D eigenvalue weighted by molar-refractivity contribution is 0.510. The lowest BCUT2D eigenvalue weighted by Gasteiger charge is -2.16. The molecule has 1 aliphatic carbocycles.